The molecule has 16 heavy (non-hydrogen) atoms. The van der Waals surface area contributed by atoms with Crippen LogP contribution in [-0.4, -0.2) is 33.4 Å². The van der Waals surface area contributed by atoms with Gasteiger partial charge in [0.15, 0.2) is 5.16 Å². The highest BCUT2D eigenvalue weighted by atomic mass is 32.2. The number of hydrogen-bond acceptors (Lipinski definition) is 6. The van der Waals surface area contributed by atoms with Gasteiger partial charge in [0.2, 0.25) is 5.95 Å². The van der Waals surface area contributed by atoms with Crippen molar-refractivity contribution in [1.29, 1.82) is 0 Å². The summed E-state index contributed by atoms with van der Waals surface area (Å²) in [6, 6.07) is 0.345. The van der Waals surface area contributed by atoms with E-state index in [1.807, 2.05) is 6.92 Å². The summed E-state index contributed by atoms with van der Waals surface area (Å²) in [4.78, 5) is 12.6. The molecule has 6 heteroatoms. The van der Waals surface area contributed by atoms with E-state index < -0.39 is 0 Å². The summed E-state index contributed by atoms with van der Waals surface area (Å²) in [6.07, 6.45) is 0. The second-order valence-electron chi connectivity index (χ2n) is 4.17. The highest BCUT2D eigenvalue weighted by Gasteiger charge is 2.16. The molecule has 0 aliphatic heterocycles. The van der Waals surface area contributed by atoms with Crippen molar-refractivity contribution in [3.8, 4) is 6.01 Å². The van der Waals surface area contributed by atoms with Gasteiger partial charge >= 0.3 is 6.01 Å². The minimum atomic E-state index is 0.0653. The lowest BCUT2D eigenvalue weighted by atomic mass is 10.3. The van der Waals surface area contributed by atoms with E-state index in [2.05, 4.69) is 41.0 Å². The maximum atomic E-state index is 5.04. The van der Waals surface area contributed by atoms with Crippen molar-refractivity contribution in [2.45, 2.75) is 37.6 Å². The number of ether oxygens (including phenoxy) is 1. The van der Waals surface area contributed by atoms with Gasteiger partial charge in [-0.05, 0) is 6.92 Å². The van der Waals surface area contributed by atoms with Crippen molar-refractivity contribution in [2.75, 3.05) is 19.0 Å². The second kappa shape index (κ2) is 5.34. The first kappa shape index (κ1) is 13.0. The van der Waals surface area contributed by atoms with E-state index in [9.17, 15) is 0 Å². The second-order valence-corrected chi connectivity index (χ2v) is 5.97. The average molecular weight is 242 g/mol. The Labute approximate surface area is 100 Å². The normalized spacial score (nSPS) is 11.3. The summed E-state index contributed by atoms with van der Waals surface area (Å²) >= 11 is 1.59. The fourth-order valence-corrected chi connectivity index (χ4v) is 1.79. The van der Waals surface area contributed by atoms with Crippen molar-refractivity contribution in [1.82, 2.24) is 15.0 Å². The molecule has 0 atom stereocenters. The molecule has 0 aromatic carbocycles. The summed E-state index contributed by atoms with van der Waals surface area (Å²) in [6.45, 7) is 9.10. The summed E-state index contributed by atoms with van der Waals surface area (Å²) in [5, 5.41) is 3.73. The molecule has 1 aromatic rings. The van der Waals surface area contributed by atoms with Crippen LogP contribution in [0.25, 0.3) is 0 Å². The first-order valence-corrected chi connectivity index (χ1v) is 5.99. The quantitative estimate of drug-likeness (QED) is 0.817. The minimum Gasteiger partial charge on any atom is -0.467 e. The fraction of sp³-hybridized carbons (Fsp3) is 0.700. The van der Waals surface area contributed by atoms with Gasteiger partial charge in [-0.3, -0.25) is 0 Å². The molecule has 1 aromatic heterocycles. The Morgan fingerprint density at radius 1 is 1.25 bits per heavy atom. The van der Waals surface area contributed by atoms with Crippen molar-refractivity contribution >= 4 is 17.7 Å². The van der Waals surface area contributed by atoms with Crippen LogP contribution in [0, 0.1) is 0 Å². The molecule has 90 valence electrons. The van der Waals surface area contributed by atoms with Crippen LogP contribution in [0.4, 0.5) is 5.95 Å². The first-order chi connectivity index (χ1) is 7.44. The van der Waals surface area contributed by atoms with Crippen LogP contribution in [-0.2, 0) is 0 Å². The van der Waals surface area contributed by atoms with E-state index >= 15 is 0 Å². The Kier molecular flexibility index (Phi) is 4.35. The predicted molar refractivity (Wildman–Crippen MR) is 66.2 cm³/mol. The van der Waals surface area contributed by atoms with Gasteiger partial charge in [-0.15, -0.1) is 0 Å². The number of nitrogens with one attached hydrogen (secondary N) is 1. The smallest absolute Gasteiger partial charge is 0.321 e. The Hall–Kier alpha value is -1.04. The van der Waals surface area contributed by atoms with Crippen LogP contribution in [0.1, 0.15) is 27.7 Å². The Morgan fingerprint density at radius 2 is 1.94 bits per heavy atom. The SMILES string of the molecule is CCNc1nc(OC)nc(SC(C)(C)C)n1. The van der Waals surface area contributed by atoms with Crippen molar-refractivity contribution in [3.63, 3.8) is 0 Å². The third-order valence-corrected chi connectivity index (χ3v) is 2.49. The topological polar surface area (TPSA) is 59.9 Å². The number of anilines is 1. The number of aromatic nitrogens is 3. The fourth-order valence-electron chi connectivity index (χ4n) is 0.986. The highest BCUT2D eigenvalue weighted by molar-refractivity contribution is 8.00. The molecule has 0 fully saturated rings. The monoisotopic (exact) mass is 242 g/mol. The average Bonchev–Trinajstić information content (AvgIpc) is 2.15. The van der Waals surface area contributed by atoms with Crippen LogP contribution in [0.3, 0.4) is 0 Å². The zero-order valence-electron chi connectivity index (χ0n) is 10.4. The van der Waals surface area contributed by atoms with E-state index in [1.54, 1.807) is 18.9 Å². The zero-order chi connectivity index (χ0) is 12.2. The van der Waals surface area contributed by atoms with Gasteiger partial charge in [-0.25, -0.2) is 0 Å². The molecule has 0 aliphatic rings. The molecule has 0 bridgehead atoms. The molecule has 1 N–H and O–H groups in total. The summed E-state index contributed by atoms with van der Waals surface area (Å²) < 4.78 is 5.11. The third-order valence-electron chi connectivity index (χ3n) is 1.51. The molecule has 0 saturated heterocycles. The van der Waals surface area contributed by atoms with E-state index in [1.165, 1.54) is 0 Å². The lowest BCUT2D eigenvalue weighted by molar-refractivity contribution is 0.373. The van der Waals surface area contributed by atoms with Crippen molar-refractivity contribution < 1.29 is 4.74 Å². The first-order valence-electron chi connectivity index (χ1n) is 5.17. The van der Waals surface area contributed by atoms with Gasteiger partial charge in [0, 0.05) is 11.3 Å². The van der Waals surface area contributed by atoms with Crippen LogP contribution < -0.4 is 10.1 Å². The lowest BCUT2D eigenvalue weighted by Crippen LogP contribution is -2.11. The minimum absolute atomic E-state index is 0.0653. The van der Waals surface area contributed by atoms with Gasteiger partial charge in [-0.2, -0.15) is 15.0 Å². The summed E-state index contributed by atoms with van der Waals surface area (Å²) in [7, 11) is 1.55. The van der Waals surface area contributed by atoms with Crippen LogP contribution in [0.15, 0.2) is 5.16 Å². The Bertz CT molecular complexity index is 351. The maximum absolute atomic E-state index is 5.04. The van der Waals surface area contributed by atoms with Crippen molar-refractivity contribution in [3.05, 3.63) is 0 Å². The Morgan fingerprint density at radius 3 is 2.44 bits per heavy atom. The Balaban J connectivity index is 2.95. The molecular weight excluding hydrogens is 224 g/mol. The molecule has 0 saturated carbocycles. The summed E-state index contributed by atoms with van der Waals surface area (Å²) in [5.74, 6) is 0.557. The number of hydrogen-bond donors (Lipinski definition) is 1. The van der Waals surface area contributed by atoms with Gasteiger partial charge in [0.1, 0.15) is 0 Å². The van der Waals surface area contributed by atoms with E-state index in [-0.39, 0.29) is 4.75 Å². The molecule has 1 rings (SSSR count). The number of nitrogens with zero attached hydrogens (tertiary/aromatic N) is 3. The van der Waals surface area contributed by atoms with Gasteiger partial charge in [-0.1, -0.05) is 32.5 Å². The highest BCUT2D eigenvalue weighted by Crippen LogP contribution is 2.30. The van der Waals surface area contributed by atoms with Crippen LogP contribution in [0.5, 0.6) is 6.01 Å². The largest absolute Gasteiger partial charge is 0.467 e. The molecule has 0 radical (unpaired) electrons. The molecule has 0 unspecified atom stereocenters. The number of thioether (sulfide) groups is 1. The molecule has 5 nitrogen and oxygen atoms in total. The van der Waals surface area contributed by atoms with Gasteiger partial charge in [0.25, 0.3) is 0 Å². The predicted octanol–water partition coefficient (Wildman–Crippen LogP) is 2.20. The van der Waals surface area contributed by atoms with E-state index in [0.29, 0.717) is 17.1 Å². The van der Waals surface area contributed by atoms with Crippen LogP contribution in [0.2, 0.25) is 0 Å². The van der Waals surface area contributed by atoms with Gasteiger partial charge < -0.3 is 10.1 Å². The molecule has 0 amide bonds. The molecule has 0 aliphatic carbocycles. The van der Waals surface area contributed by atoms with Crippen LogP contribution >= 0.6 is 11.8 Å². The molecule has 0 spiro atoms. The van der Waals surface area contributed by atoms with E-state index in [4.69, 9.17) is 4.74 Å². The van der Waals surface area contributed by atoms with Crippen molar-refractivity contribution in [2.24, 2.45) is 0 Å². The summed E-state index contributed by atoms with van der Waals surface area (Å²) in [5.41, 5.74) is 0. The lowest BCUT2D eigenvalue weighted by Gasteiger charge is -2.16. The molecular formula is C10H18N4OS. The molecule has 1 heterocycles. The van der Waals surface area contributed by atoms with E-state index in [0.717, 1.165) is 6.54 Å². The van der Waals surface area contributed by atoms with Gasteiger partial charge in [0.05, 0.1) is 7.11 Å². The standard InChI is InChI=1S/C10H18N4OS/c1-6-11-7-12-8(15-5)14-9(13-7)16-10(2,3)4/h6H2,1-5H3,(H,11,12,13,14). The number of methoxy groups -OCH3 is 1. The zero-order valence-corrected chi connectivity index (χ0v) is 11.2. The third kappa shape index (κ3) is 4.22. The number of rotatable bonds is 4. The maximum Gasteiger partial charge on any atom is 0.321 e.